The Labute approximate surface area is 116 Å². The third-order valence-corrected chi connectivity index (χ3v) is 4.94. The fraction of sp³-hybridized carbons (Fsp3) is 1.00. The van der Waals surface area contributed by atoms with Crippen LogP contribution in [0.5, 0.6) is 0 Å². The molecule has 110 valence electrons. The van der Waals surface area contributed by atoms with Crippen LogP contribution in [0.1, 0.15) is 38.5 Å². The highest BCUT2D eigenvalue weighted by Gasteiger charge is 2.44. The highest BCUT2D eigenvalue weighted by Crippen LogP contribution is 2.39. The Bertz CT molecular complexity index is 284. The molecule has 0 amide bonds. The lowest BCUT2D eigenvalue weighted by molar-refractivity contribution is -0.163. The van der Waals surface area contributed by atoms with Gasteiger partial charge in [0.05, 0.1) is 12.7 Å². The van der Waals surface area contributed by atoms with Crippen LogP contribution in [0.2, 0.25) is 0 Å². The van der Waals surface area contributed by atoms with E-state index in [1.165, 1.54) is 45.3 Å². The molecule has 3 fully saturated rings. The first kappa shape index (κ1) is 13.8. The molecule has 2 saturated heterocycles. The Kier molecular flexibility index (Phi) is 4.42. The second kappa shape index (κ2) is 6.08. The van der Waals surface area contributed by atoms with Crippen molar-refractivity contribution >= 4 is 0 Å². The third-order valence-electron chi connectivity index (χ3n) is 4.94. The van der Waals surface area contributed by atoms with Crippen LogP contribution >= 0.6 is 0 Å². The van der Waals surface area contributed by atoms with Crippen LogP contribution in [-0.4, -0.2) is 56.6 Å². The summed E-state index contributed by atoms with van der Waals surface area (Å²) in [4.78, 5) is 2.56. The monoisotopic (exact) mass is 268 g/mol. The summed E-state index contributed by atoms with van der Waals surface area (Å²) in [5, 5.41) is 3.30. The molecule has 2 heterocycles. The Morgan fingerprint density at radius 2 is 1.95 bits per heavy atom. The van der Waals surface area contributed by atoms with Crippen LogP contribution in [0.25, 0.3) is 0 Å². The van der Waals surface area contributed by atoms with Crippen molar-refractivity contribution in [3.05, 3.63) is 0 Å². The lowest BCUT2D eigenvalue weighted by Gasteiger charge is -2.33. The zero-order valence-corrected chi connectivity index (χ0v) is 12.2. The van der Waals surface area contributed by atoms with Gasteiger partial charge in [0.25, 0.3) is 0 Å². The van der Waals surface area contributed by atoms with Crippen LogP contribution in [0.3, 0.4) is 0 Å². The second-order valence-corrected chi connectivity index (χ2v) is 6.47. The summed E-state index contributed by atoms with van der Waals surface area (Å²) in [5.74, 6) is 0.679. The van der Waals surface area contributed by atoms with E-state index in [1.54, 1.807) is 0 Å². The lowest BCUT2D eigenvalue weighted by atomic mass is 9.97. The molecule has 4 nitrogen and oxygen atoms in total. The molecule has 1 aliphatic carbocycles. The van der Waals surface area contributed by atoms with E-state index in [9.17, 15) is 0 Å². The summed E-state index contributed by atoms with van der Waals surface area (Å²) in [7, 11) is 2.05. The van der Waals surface area contributed by atoms with Gasteiger partial charge in [0.2, 0.25) is 0 Å². The molecule has 19 heavy (non-hydrogen) atoms. The maximum absolute atomic E-state index is 6.21. The molecule has 0 radical (unpaired) electrons. The molecule has 1 unspecified atom stereocenters. The zero-order chi connectivity index (χ0) is 13.1. The summed E-state index contributed by atoms with van der Waals surface area (Å²) in [6, 6.07) is 0. The fourth-order valence-corrected chi connectivity index (χ4v) is 3.83. The van der Waals surface area contributed by atoms with Crippen molar-refractivity contribution in [3.63, 3.8) is 0 Å². The van der Waals surface area contributed by atoms with E-state index in [-0.39, 0.29) is 5.79 Å². The summed E-state index contributed by atoms with van der Waals surface area (Å²) in [6.07, 6.45) is 7.68. The summed E-state index contributed by atoms with van der Waals surface area (Å²) in [5.41, 5.74) is 0. The number of hydrogen-bond acceptors (Lipinski definition) is 4. The van der Waals surface area contributed by atoms with Gasteiger partial charge in [0.15, 0.2) is 5.79 Å². The van der Waals surface area contributed by atoms with Crippen molar-refractivity contribution in [2.45, 2.75) is 50.4 Å². The van der Waals surface area contributed by atoms with Gasteiger partial charge >= 0.3 is 0 Å². The van der Waals surface area contributed by atoms with E-state index in [4.69, 9.17) is 9.47 Å². The first-order valence-electron chi connectivity index (χ1n) is 7.98. The molecule has 1 N–H and O–H groups in total. The van der Waals surface area contributed by atoms with Gasteiger partial charge in [-0.2, -0.15) is 0 Å². The van der Waals surface area contributed by atoms with Crippen LogP contribution in [-0.2, 0) is 9.47 Å². The molecule has 0 aromatic rings. The molecule has 4 heteroatoms. The number of piperidine rings is 1. The topological polar surface area (TPSA) is 33.7 Å². The molecule has 1 spiro atoms. The number of rotatable bonds is 4. The SMILES string of the molecule is CNCC1CCN(CC2COC3(CCCC3)O2)CC1. The highest BCUT2D eigenvalue weighted by molar-refractivity contribution is 4.86. The maximum atomic E-state index is 6.21. The van der Waals surface area contributed by atoms with Crippen molar-refractivity contribution < 1.29 is 9.47 Å². The predicted octanol–water partition coefficient (Wildman–Crippen LogP) is 1.60. The molecule has 2 aliphatic heterocycles. The average molecular weight is 268 g/mol. The van der Waals surface area contributed by atoms with Crippen LogP contribution in [0, 0.1) is 5.92 Å². The normalized spacial score (nSPS) is 32.4. The van der Waals surface area contributed by atoms with Crippen molar-refractivity contribution in [1.82, 2.24) is 10.2 Å². The van der Waals surface area contributed by atoms with Crippen molar-refractivity contribution in [3.8, 4) is 0 Å². The first-order valence-corrected chi connectivity index (χ1v) is 7.98. The zero-order valence-electron chi connectivity index (χ0n) is 12.2. The number of hydrogen-bond donors (Lipinski definition) is 1. The molecule has 0 bridgehead atoms. The Hall–Kier alpha value is -0.160. The number of likely N-dealkylation sites (tertiary alicyclic amines) is 1. The molecule has 3 aliphatic rings. The van der Waals surface area contributed by atoms with Crippen molar-refractivity contribution in [1.29, 1.82) is 0 Å². The van der Waals surface area contributed by atoms with E-state index in [0.717, 1.165) is 31.9 Å². The molecule has 1 atom stereocenters. The minimum atomic E-state index is -0.185. The smallest absolute Gasteiger partial charge is 0.168 e. The molecule has 3 rings (SSSR count). The van der Waals surface area contributed by atoms with Gasteiger partial charge in [0, 0.05) is 19.4 Å². The predicted molar refractivity (Wildman–Crippen MR) is 75.1 cm³/mol. The summed E-state index contributed by atoms with van der Waals surface area (Å²) < 4.78 is 12.2. The van der Waals surface area contributed by atoms with Crippen molar-refractivity contribution in [2.75, 3.05) is 39.8 Å². The lowest BCUT2D eigenvalue weighted by Crippen LogP contribution is -2.41. The molecule has 0 aromatic heterocycles. The van der Waals surface area contributed by atoms with Crippen molar-refractivity contribution in [2.24, 2.45) is 5.92 Å². The van der Waals surface area contributed by atoms with Gasteiger partial charge in [-0.3, -0.25) is 0 Å². The van der Waals surface area contributed by atoms with Crippen LogP contribution in [0.15, 0.2) is 0 Å². The van der Waals surface area contributed by atoms with Gasteiger partial charge in [-0.15, -0.1) is 0 Å². The minimum absolute atomic E-state index is 0.185. The van der Waals surface area contributed by atoms with Gasteiger partial charge in [-0.25, -0.2) is 0 Å². The Balaban J connectivity index is 1.41. The molecular formula is C15H28N2O2. The number of nitrogens with zero attached hydrogens (tertiary/aromatic N) is 1. The third kappa shape index (κ3) is 3.30. The van der Waals surface area contributed by atoms with Gasteiger partial charge < -0.3 is 19.7 Å². The summed E-state index contributed by atoms with van der Waals surface area (Å²) >= 11 is 0. The minimum Gasteiger partial charge on any atom is -0.347 e. The quantitative estimate of drug-likeness (QED) is 0.840. The van der Waals surface area contributed by atoms with E-state index < -0.39 is 0 Å². The first-order chi connectivity index (χ1) is 9.30. The van der Waals surface area contributed by atoms with Gasteiger partial charge in [-0.05, 0) is 58.3 Å². The van der Waals surface area contributed by atoms with Gasteiger partial charge in [-0.1, -0.05) is 0 Å². The largest absolute Gasteiger partial charge is 0.347 e. The Morgan fingerprint density at radius 3 is 2.63 bits per heavy atom. The van der Waals surface area contributed by atoms with E-state index in [2.05, 4.69) is 17.3 Å². The summed E-state index contributed by atoms with van der Waals surface area (Å²) in [6.45, 7) is 5.48. The van der Waals surface area contributed by atoms with Crippen LogP contribution in [0.4, 0.5) is 0 Å². The van der Waals surface area contributed by atoms with Crippen LogP contribution < -0.4 is 5.32 Å². The highest BCUT2D eigenvalue weighted by atomic mass is 16.7. The van der Waals surface area contributed by atoms with E-state index in [0.29, 0.717) is 6.10 Å². The second-order valence-electron chi connectivity index (χ2n) is 6.47. The van der Waals surface area contributed by atoms with Gasteiger partial charge in [0.1, 0.15) is 0 Å². The maximum Gasteiger partial charge on any atom is 0.168 e. The average Bonchev–Trinajstić information content (AvgIpc) is 3.03. The molecule has 0 aromatic carbocycles. The van der Waals surface area contributed by atoms with E-state index in [1.807, 2.05) is 0 Å². The number of ether oxygens (including phenoxy) is 2. The molecular weight excluding hydrogens is 240 g/mol. The Morgan fingerprint density at radius 1 is 1.21 bits per heavy atom. The molecule has 1 saturated carbocycles. The van der Waals surface area contributed by atoms with E-state index >= 15 is 0 Å². The fourth-order valence-electron chi connectivity index (χ4n) is 3.83. The number of nitrogens with one attached hydrogen (secondary N) is 1. The standard InChI is InChI=1S/C15H28N2O2/c1-16-10-13-4-8-17(9-5-13)11-14-12-18-15(19-14)6-2-3-7-15/h13-14,16H,2-12H2,1H3.